The van der Waals surface area contributed by atoms with Crippen molar-refractivity contribution in [2.45, 2.75) is 46.1 Å². The minimum absolute atomic E-state index is 0.188. The summed E-state index contributed by atoms with van der Waals surface area (Å²) >= 11 is 0. The number of ether oxygens (including phenoxy) is 2. The predicted molar refractivity (Wildman–Crippen MR) is 143 cm³/mol. The molecule has 37 heavy (non-hydrogen) atoms. The standard InChI is InChI=1S/C27H37N3O6S/c1-4-15-28-27(32)23(5-2)29(16-14-21-10-8-7-9-11-21)26(31)20-30(37(33,34)6-3)22-12-13-24-25(19-22)36-18-17-35-24/h7-13,19,23H,4-6,14-18,20H2,1-3H3,(H,28,32)/t23-/m1/s1. The van der Waals surface area contributed by atoms with E-state index in [-0.39, 0.29) is 18.2 Å². The van der Waals surface area contributed by atoms with Crippen LogP contribution in [0.5, 0.6) is 11.5 Å². The van der Waals surface area contributed by atoms with Crippen LogP contribution in [-0.4, -0.2) is 69.8 Å². The SMILES string of the molecule is CCCNC(=O)[C@@H](CC)N(CCc1ccccc1)C(=O)CN(c1ccc2c(c1)OCCO2)S(=O)(=O)CC. The zero-order valence-electron chi connectivity index (χ0n) is 21.8. The molecule has 2 aromatic rings. The molecule has 1 aliphatic rings. The molecule has 0 fully saturated rings. The van der Waals surface area contributed by atoms with Crippen molar-refractivity contribution in [3.05, 3.63) is 54.1 Å². The van der Waals surface area contributed by atoms with Crippen molar-refractivity contribution < 1.29 is 27.5 Å². The molecule has 10 heteroatoms. The molecule has 0 saturated heterocycles. The van der Waals surface area contributed by atoms with Crippen molar-refractivity contribution in [2.75, 3.05) is 42.9 Å². The van der Waals surface area contributed by atoms with Gasteiger partial charge < -0.3 is 19.7 Å². The van der Waals surface area contributed by atoms with Crippen LogP contribution in [0.4, 0.5) is 5.69 Å². The Kier molecular flexibility index (Phi) is 10.2. The summed E-state index contributed by atoms with van der Waals surface area (Å²) in [4.78, 5) is 28.3. The van der Waals surface area contributed by atoms with E-state index in [0.717, 1.165) is 16.3 Å². The van der Waals surface area contributed by atoms with E-state index < -0.39 is 28.5 Å². The number of benzene rings is 2. The molecule has 202 valence electrons. The summed E-state index contributed by atoms with van der Waals surface area (Å²) in [6, 6.07) is 13.8. The number of carbonyl (C=O) groups is 2. The molecule has 0 aromatic heterocycles. The first kappa shape index (κ1) is 28.3. The number of amides is 2. The molecule has 0 unspecified atom stereocenters. The third kappa shape index (κ3) is 7.38. The highest BCUT2D eigenvalue weighted by atomic mass is 32.2. The second-order valence-electron chi connectivity index (χ2n) is 8.77. The molecule has 2 amide bonds. The van der Waals surface area contributed by atoms with Crippen molar-refractivity contribution in [1.82, 2.24) is 10.2 Å². The lowest BCUT2D eigenvalue weighted by molar-refractivity contribution is -0.139. The monoisotopic (exact) mass is 531 g/mol. The minimum Gasteiger partial charge on any atom is -0.486 e. The first-order chi connectivity index (χ1) is 17.8. The average Bonchev–Trinajstić information content (AvgIpc) is 2.92. The Labute approximate surface area is 219 Å². The molecule has 0 aliphatic carbocycles. The number of hydrogen-bond donors (Lipinski definition) is 1. The number of sulfonamides is 1. The van der Waals surface area contributed by atoms with Crippen LogP contribution in [0.3, 0.4) is 0 Å². The van der Waals surface area contributed by atoms with E-state index in [2.05, 4.69) is 5.32 Å². The van der Waals surface area contributed by atoms with Gasteiger partial charge in [-0.25, -0.2) is 8.42 Å². The topological polar surface area (TPSA) is 105 Å². The van der Waals surface area contributed by atoms with Gasteiger partial charge in [0, 0.05) is 19.2 Å². The van der Waals surface area contributed by atoms with Gasteiger partial charge in [-0.15, -0.1) is 0 Å². The van der Waals surface area contributed by atoms with Crippen LogP contribution in [0.25, 0.3) is 0 Å². The Morgan fingerprint density at radius 3 is 2.35 bits per heavy atom. The molecule has 0 radical (unpaired) electrons. The Hall–Kier alpha value is -3.27. The number of fused-ring (bicyclic) bond motifs is 1. The summed E-state index contributed by atoms with van der Waals surface area (Å²) in [5.41, 5.74) is 1.33. The number of anilines is 1. The Morgan fingerprint density at radius 2 is 1.70 bits per heavy atom. The molecule has 2 aromatic carbocycles. The molecular formula is C27H37N3O6S. The van der Waals surface area contributed by atoms with Gasteiger partial charge in [-0.2, -0.15) is 0 Å². The lowest BCUT2D eigenvalue weighted by Gasteiger charge is -2.33. The quantitative estimate of drug-likeness (QED) is 0.426. The smallest absolute Gasteiger partial charge is 0.244 e. The number of hydrogen-bond acceptors (Lipinski definition) is 6. The molecular weight excluding hydrogens is 494 g/mol. The highest BCUT2D eigenvalue weighted by molar-refractivity contribution is 7.92. The van der Waals surface area contributed by atoms with Crippen LogP contribution in [-0.2, 0) is 26.0 Å². The second-order valence-corrected chi connectivity index (χ2v) is 11.0. The summed E-state index contributed by atoms with van der Waals surface area (Å²) < 4.78 is 38.5. The van der Waals surface area contributed by atoms with E-state index >= 15 is 0 Å². The molecule has 1 aliphatic heterocycles. The Morgan fingerprint density at radius 1 is 1.00 bits per heavy atom. The van der Waals surface area contributed by atoms with E-state index in [1.54, 1.807) is 18.2 Å². The van der Waals surface area contributed by atoms with Gasteiger partial charge in [0.05, 0.1) is 11.4 Å². The lowest BCUT2D eigenvalue weighted by Crippen LogP contribution is -2.53. The van der Waals surface area contributed by atoms with Crippen molar-refractivity contribution in [3.8, 4) is 11.5 Å². The van der Waals surface area contributed by atoms with Gasteiger partial charge in [-0.1, -0.05) is 44.2 Å². The highest BCUT2D eigenvalue weighted by Gasteiger charge is 2.32. The van der Waals surface area contributed by atoms with Gasteiger partial charge in [-0.3, -0.25) is 13.9 Å². The van der Waals surface area contributed by atoms with Gasteiger partial charge in [0.25, 0.3) is 0 Å². The maximum Gasteiger partial charge on any atom is 0.244 e. The van der Waals surface area contributed by atoms with Crippen molar-refractivity contribution in [1.29, 1.82) is 0 Å². The largest absolute Gasteiger partial charge is 0.486 e. The number of nitrogens with one attached hydrogen (secondary N) is 1. The molecule has 1 N–H and O–H groups in total. The van der Waals surface area contributed by atoms with E-state index in [4.69, 9.17) is 9.47 Å². The van der Waals surface area contributed by atoms with E-state index in [0.29, 0.717) is 49.8 Å². The molecule has 0 saturated carbocycles. The molecule has 9 nitrogen and oxygen atoms in total. The fourth-order valence-corrected chi connectivity index (χ4v) is 5.22. The second kappa shape index (κ2) is 13.3. The lowest BCUT2D eigenvalue weighted by atomic mass is 10.1. The third-order valence-electron chi connectivity index (χ3n) is 6.21. The van der Waals surface area contributed by atoms with Crippen LogP contribution in [0.15, 0.2) is 48.5 Å². The highest BCUT2D eigenvalue weighted by Crippen LogP contribution is 2.35. The van der Waals surface area contributed by atoms with Gasteiger partial charge in [0.1, 0.15) is 25.8 Å². The van der Waals surface area contributed by atoms with Gasteiger partial charge >= 0.3 is 0 Å². The number of rotatable bonds is 13. The zero-order chi connectivity index (χ0) is 26.8. The van der Waals surface area contributed by atoms with Crippen LogP contribution in [0, 0.1) is 0 Å². The van der Waals surface area contributed by atoms with Gasteiger partial charge in [0.15, 0.2) is 11.5 Å². The molecule has 1 atom stereocenters. The summed E-state index contributed by atoms with van der Waals surface area (Å²) in [5, 5.41) is 2.88. The summed E-state index contributed by atoms with van der Waals surface area (Å²) in [6.45, 7) is 6.46. The Balaban J connectivity index is 1.91. The first-order valence-corrected chi connectivity index (χ1v) is 14.4. The summed E-state index contributed by atoms with van der Waals surface area (Å²) in [7, 11) is -3.81. The zero-order valence-corrected chi connectivity index (χ0v) is 22.6. The minimum atomic E-state index is -3.81. The van der Waals surface area contributed by atoms with Crippen LogP contribution >= 0.6 is 0 Å². The summed E-state index contributed by atoms with van der Waals surface area (Å²) in [5.74, 6) is 0.0841. The first-order valence-electron chi connectivity index (χ1n) is 12.8. The molecule has 1 heterocycles. The van der Waals surface area contributed by atoms with E-state index in [9.17, 15) is 18.0 Å². The molecule has 3 rings (SSSR count). The van der Waals surface area contributed by atoms with Crippen LogP contribution in [0.2, 0.25) is 0 Å². The maximum absolute atomic E-state index is 13.8. The van der Waals surface area contributed by atoms with E-state index in [1.807, 2.05) is 44.2 Å². The van der Waals surface area contributed by atoms with Crippen LogP contribution < -0.4 is 19.1 Å². The fourth-order valence-electron chi connectivity index (χ4n) is 4.17. The van der Waals surface area contributed by atoms with Crippen molar-refractivity contribution in [3.63, 3.8) is 0 Å². The van der Waals surface area contributed by atoms with Crippen molar-refractivity contribution in [2.24, 2.45) is 0 Å². The third-order valence-corrected chi connectivity index (χ3v) is 7.95. The van der Waals surface area contributed by atoms with Crippen molar-refractivity contribution >= 4 is 27.5 Å². The number of carbonyl (C=O) groups excluding carboxylic acids is 2. The number of nitrogens with zero attached hydrogens (tertiary/aromatic N) is 2. The fraction of sp³-hybridized carbons (Fsp3) is 0.481. The molecule has 0 bridgehead atoms. The maximum atomic E-state index is 13.8. The van der Waals surface area contributed by atoms with E-state index in [1.165, 1.54) is 11.8 Å². The van der Waals surface area contributed by atoms with Crippen LogP contribution in [0.1, 0.15) is 39.2 Å². The average molecular weight is 532 g/mol. The Bertz CT molecular complexity index is 1160. The molecule has 0 spiro atoms. The predicted octanol–water partition coefficient (Wildman–Crippen LogP) is 2.99. The van der Waals surface area contributed by atoms with Gasteiger partial charge in [0.2, 0.25) is 21.8 Å². The summed E-state index contributed by atoms with van der Waals surface area (Å²) in [6.07, 6.45) is 1.71. The van der Waals surface area contributed by atoms with Gasteiger partial charge in [-0.05, 0) is 43.9 Å². The normalized spacial score (nSPS) is 13.5.